The summed E-state index contributed by atoms with van der Waals surface area (Å²) in [5.41, 5.74) is 5.43. The molecule has 2 aromatic heterocycles. The monoisotopic (exact) mass is 493 g/mol. The first-order chi connectivity index (χ1) is 17.3. The van der Waals surface area contributed by atoms with Crippen LogP contribution in [-0.4, -0.2) is 4.98 Å². The van der Waals surface area contributed by atoms with Crippen LogP contribution in [0.5, 0.6) is 0 Å². The molecule has 1 nitrogen and oxygen atoms in total. The molecule has 0 aliphatic rings. The Kier molecular flexibility index (Phi) is 6.68. The van der Waals surface area contributed by atoms with Crippen molar-refractivity contribution in [2.45, 2.75) is 72.6 Å². The first-order valence-electron chi connectivity index (χ1n) is 13.6. The molecule has 5 aromatic rings. The number of hydrogen-bond donors (Lipinski definition) is 0. The smallest absolute Gasteiger partial charge is 0.0880 e. The Labute approximate surface area is 220 Å². The van der Waals surface area contributed by atoms with E-state index in [1.165, 1.54) is 47.6 Å². The highest BCUT2D eigenvalue weighted by Crippen LogP contribution is 2.46. The lowest BCUT2D eigenvalue weighted by atomic mass is 9.75. The van der Waals surface area contributed by atoms with Crippen molar-refractivity contribution in [3.63, 3.8) is 0 Å². The number of thiophene rings is 1. The van der Waals surface area contributed by atoms with Gasteiger partial charge in [-0.15, -0.1) is 11.3 Å². The summed E-state index contributed by atoms with van der Waals surface area (Å²) in [6, 6.07) is 22.8. The van der Waals surface area contributed by atoms with Crippen LogP contribution in [0.4, 0.5) is 0 Å². The van der Waals surface area contributed by atoms with Gasteiger partial charge in [-0.2, -0.15) is 0 Å². The van der Waals surface area contributed by atoms with Gasteiger partial charge < -0.3 is 0 Å². The minimum atomic E-state index is 0.137. The maximum atomic E-state index is 5.01. The van der Waals surface area contributed by atoms with Gasteiger partial charge in [0, 0.05) is 27.2 Å². The molecule has 2 heteroatoms. The SMILES string of the molecule is CCC(C)(CC)c1cc(-c2nccc3c2sc2c(C(C(C)C)C(C)C)cccc23)cc2ccccc12. The zero-order chi connectivity index (χ0) is 25.6. The van der Waals surface area contributed by atoms with E-state index in [4.69, 9.17) is 4.98 Å². The van der Waals surface area contributed by atoms with Crippen LogP contribution in [0.3, 0.4) is 0 Å². The second-order valence-electron chi connectivity index (χ2n) is 11.4. The van der Waals surface area contributed by atoms with Crippen molar-refractivity contribution < 1.29 is 0 Å². The van der Waals surface area contributed by atoms with Gasteiger partial charge in [0.15, 0.2) is 0 Å². The fourth-order valence-electron chi connectivity index (χ4n) is 6.28. The number of rotatable bonds is 7. The van der Waals surface area contributed by atoms with Crippen LogP contribution in [0.15, 0.2) is 66.9 Å². The first-order valence-corrected chi connectivity index (χ1v) is 14.4. The van der Waals surface area contributed by atoms with Gasteiger partial charge in [-0.1, -0.05) is 90.9 Å². The highest BCUT2D eigenvalue weighted by atomic mass is 32.1. The largest absolute Gasteiger partial charge is 0.255 e. The molecule has 5 rings (SSSR count). The van der Waals surface area contributed by atoms with Crippen LogP contribution in [0, 0.1) is 11.8 Å². The van der Waals surface area contributed by atoms with Crippen LogP contribution in [0.2, 0.25) is 0 Å². The van der Waals surface area contributed by atoms with Crippen LogP contribution < -0.4 is 0 Å². The van der Waals surface area contributed by atoms with Gasteiger partial charge >= 0.3 is 0 Å². The van der Waals surface area contributed by atoms with E-state index in [0.29, 0.717) is 17.8 Å². The molecule has 0 saturated carbocycles. The molecule has 0 radical (unpaired) electrons. The molecular weight excluding hydrogens is 454 g/mol. The zero-order valence-electron chi connectivity index (χ0n) is 22.9. The van der Waals surface area contributed by atoms with E-state index in [1.807, 2.05) is 17.5 Å². The summed E-state index contributed by atoms with van der Waals surface area (Å²) in [5, 5.41) is 5.38. The third kappa shape index (κ3) is 4.04. The van der Waals surface area contributed by atoms with Crippen molar-refractivity contribution in [3.05, 3.63) is 78.0 Å². The zero-order valence-corrected chi connectivity index (χ0v) is 23.7. The van der Waals surface area contributed by atoms with Gasteiger partial charge in [-0.05, 0) is 76.1 Å². The van der Waals surface area contributed by atoms with Crippen LogP contribution in [0.1, 0.15) is 78.4 Å². The minimum Gasteiger partial charge on any atom is -0.255 e. The molecule has 0 bridgehead atoms. The van der Waals surface area contributed by atoms with Crippen molar-refractivity contribution in [3.8, 4) is 11.3 Å². The second-order valence-corrected chi connectivity index (χ2v) is 12.4. The van der Waals surface area contributed by atoms with Crippen LogP contribution >= 0.6 is 11.3 Å². The molecule has 186 valence electrons. The quantitative estimate of drug-likeness (QED) is 0.220. The van der Waals surface area contributed by atoms with E-state index < -0.39 is 0 Å². The van der Waals surface area contributed by atoms with Crippen molar-refractivity contribution in [2.24, 2.45) is 11.8 Å². The Morgan fingerprint density at radius 1 is 0.778 bits per heavy atom. The summed E-state index contributed by atoms with van der Waals surface area (Å²) in [6.07, 6.45) is 4.24. The summed E-state index contributed by atoms with van der Waals surface area (Å²) in [7, 11) is 0. The Morgan fingerprint density at radius 2 is 1.44 bits per heavy atom. The number of nitrogens with zero attached hydrogens (tertiary/aromatic N) is 1. The van der Waals surface area contributed by atoms with Crippen molar-refractivity contribution in [1.29, 1.82) is 0 Å². The van der Waals surface area contributed by atoms with Crippen LogP contribution in [0.25, 0.3) is 42.2 Å². The van der Waals surface area contributed by atoms with Gasteiger partial charge in [0.25, 0.3) is 0 Å². The van der Waals surface area contributed by atoms with E-state index in [0.717, 1.165) is 18.5 Å². The number of fused-ring (bicyclic) bond motifs is 4. The lowest BCUT2D eigenvalue weighted by Gasteiger charge is -2.29. The fraction of sp³-hybridized carbons (Fsp3) is 0.382. The van der Waals surface area contributed by atoms with Gasteiger partial charge in [0.1, 0.15) is 0 Å². The molecule has 2 heterocycles. The molecule has 36 heavy (non-hydrogen) atoms. The molecule has 0 atom stereocenters. The number of aromatic nitrogens is 1. The molecule has 3 aromatic carbocycles. The topological polar surface area (TPSA) is 12.9 Å². The fourth-order valence-corrected chi connectivity index (χ4v) is 7.65. The van der Waals surface area contributed by atoms with Gasteiger partial charge in [-0.25, -0.2) is 0 Å². The van der Waals surface area contributed by atoms with E-state index in [2.05, 4.69) is 109 Å². The standard InChI is InChI=1S/C34H39NS/c1-8-34(7,9-2)29-20-24(19-23-13-10-11-14-25(23)29)31-33-27(17-18-35-31)26-15-12-16-28(32(26)36-33)30(21(3)4)22(5)6/h10-22,30H,8-9H2,1-7H3. The lowest BCUT2D eigenvalue weighted by molar-refractivity contribution is 0.390. The summed E-state index contributed by atoms with van der Waals surface area (Å²) in [6.45, 7) is 16.5. The van der Waals surface area contributed by atoms with E-state index in [9.17, 15) is 0 Å². The van der Waals surface area contributed by atoms with Crippen molar-refractivity contribution >= 4 is 42.3 Å². The van der Waals surface area contributed by atoms with Crippen molar-refractivity contribution in [1.82, 2.24) is 4.98 Å². The Balaban J connectivity index is 1.80. The molecule has 0 saturated heterocycles. The number of pyridine rings is 1. The summed E-state index contributed by atoms with van der Waals surface area (Å²) >= 11 is 1.94. The molecule has 0 N–H and O–H groups in total. The molecule has 0 spiro atoms. The Bertz CT molecular complexity index is 1530. The minimum absolute atomic E-state index is 0.137. The first kappa shape index (κ1) is 25.0. The van der Waals surface area contributed by atoms with Crippen LogP contribution in [-0.2, 0) is 5.41 Å². The van der Waals surface area contributed by atoms with Gasteiger partial charge in [-0.3, -0.25) is 4.98 Å². The lowest BCUT2D eigenvalue weighted by Crippen LogP contribution is -2.20. The predicted octanol–water partition coefficient (Wildman–Crippen LogP) is 10.7. The normalized spacial score (nSPS) is 12.7. The average molecular weight is 494 g/mol. The summed E-state index contributed by atoms with van der Waals surface area (Å²) < 4.78 is 2.74. The van der Waals surface area contributed by atoms with E-state index >= 15 is 0 Å². The van der Waals surface area contributed by atoms with E-state index in [-0.39, 0.29) is 5.41 Å². The maximum absolute atomic E-state index is 5.01. The van der Waals surface area contributed by atoms with Gasteiger partial charge in [0.05, 0.1) is 10.4 Å². The maximum Gasteiger partial charge on any atom is 0.0880 e. The molecule has 0 unspecified atom stereocenters. The third-order valence-electron chi connectivity index (χ3n) is 8.59. The van der Waals surface area contributed by atoms with Gasteiger partial charge in [0.2, 0.25) is 0 Å². The Morgan fingerprint density at radius 3 is 2.14 bits per heavy atom. The summed E-state index contributed by atoms with van der Waals surface area (Å²) in [5.74, 6) is 1.74. The molecule has 0 aliphatic carbocycles. The highest BCUT2D eigenvalue weighted by molar-refractivity contribution is 7.26. The number of hydrogen-bond acceptors (Lipinski definition) is 2. The summed E-state index contributed by atoms with van der Waals surface area (Å²) in [4.78, 5) is 5.01. The third-order valence-corrected chi connectivity index (χ3v) is 9.86. The highest BCUT2D eigenvalue weighted by Gasteiger charge is 2.27. The molecule has 0 amide bonds. The average Bonchev–Trinajstić information content (AvgIpc) is 3.27. The number of benzene rings is 3. The Hall–Kier alpha value is -2.71. The molecule has 0 aliphatic heterocycles. The molecular formula is C34H39NS. The second kappa shape index (κ2) is 9.63. The molecule has 0 fully saturated rings. The predicted molar refractivity (Wildman–Crippen MR) is 160 cm³/mol. The van der Waals surface area contributed by atoms with Crippen molar-refractivity contribution in [2.75, 3.05) is 0 Å². The van der Waals surface area contributed by atoms with E-state index in [1.54, 1.807) is 0 Å².